The molecule has 0 atom stereocenters. The Morgan fingerprint density at radius 1 is 1.14 bits per heavy atom. The van der Waals surface area contributed by atoms with Crippen LogP contribution in [0.5, 0.6) is 11.5 Å². The van der Waals surface area contributed by atoms with Crippen LogP contribution in [0, 0.1) is 6.92 Å². The van der Waals surface area contributed by atoms with Crippen molar-refractivity contribution in [1.82, 2.24) is 15.1 Å². The predicted molar refractivity (Wildman–Crippen MR) is 112 cm³/mol. The number of aromatic nitrogens is 2. The number of methoxy groups -OCH3 is 2. The zero-order valence-corrected chi connectivity index (χ0v) is 17.6. The molecule has 0 saturated carbocycles. The fraction of sp³-hybridized carbons (Fsp3) is 0.238. The molecule has 2 aromatic carbocycles. The van der Waals surface area contributed by atoms with Crippen molar-refractivity contribution < 1.29 is 14.3 Å². The fourth-order valence-corrected chi connectivity index (χ4v) is 3.22. The Balaban J connectivity index is 1.67. The molecular formula is C21H22BrN3O3. The molecule has 0 saturated heterocycles. The second-order valence-corrected chi connectivity index (χ2v) is 7.13. The lowest BCUT2D eigenvalue weighted by atomic mass is 10.1. The number of ether oxygens (including phenoxy) is 2. The van der Waals surface area contributed by atoms with Gasteiger partial charge in [-0.25, -0.2) is 4.68 Å². The molecule has 0 aliphatic heterocycles. The Bertz CT molecular complexity index is 968. The van der Waals surface area contributed by atoms with Crippen LogP contribution >= 0.6 is 15.9 Å². The van der Waals surface area contributed by atoms with Crippen molar-refractivity contribution in [1.29, 1.82) is 0 Å². The number of benzene rings is 2. The third kappa shape index (κ3) is 4.36. The molecule has 0 fully saturated rings. The summed E-state index contributed by atoms with van der Waals surface area (Å²) in [6, 6.07) is 13.4. The smallest absolute Gasteiger partial charge is 0.254 e. The van der Waals surface area contributed by atoms with Crippen molar-refractivity contribution >= 4 is 21.8 Å². The van der Waals surface area contributed by atoms with E-state index in [0.29, 0.717) is 18.5 Å². The van der Waals surface area contributed by atoms with Gasteiger partial charge in [0.2, 0.25) is 0 Å². The van der Waals surface area contributed by atoms with Gasteiger partial charge in [0, 0.05) is 11.0 Å². The lowest BCUT2D eigenvalue weighted by Gasteiger charge is -2.11. The number of hydrogen-bond acceptors (Lipinski definition) is 4. The first-order valence-electron chi connectivity index (χ1n) is 8.83. The molecule has 1 aromatic heterocycles. The van der Waals surface area contributed by atoms with E-state index < -0.39 is 0 Å². The van der Waals surface area contributed by atoms with E-state index in [0.717, 1.165) is 32.9 Å². The summed E-state index contributed by atoms with van der Waals surface area (Å²) in [6.07, 6.45) is 2.23. The van der Waals surface area contributed by atoms with Crippen molar-refractivity contribution in [3.63, 3.8) is 0 Å². The van der Waals surface area contributed by atoms with E-state index >= 15 is 0 Å². The van der Waals surface area contributed by atoms with Gasteiger partial charge < -0.3 is 14.8 Å². The molecular weight excluding hydrogens is 422 g/mol. The summed E-state index contributed by atoms with van der Waals surface area (Å²) < 4.78 is 13.4. The van der Waals surface area contributed by atoms with Crippen LogP contribution in [0.2, 0.25) is 0 Å². The quantitative estimate of drug-likeness (QED) is 0.600. The first-order chi connectivity index (χ1) is 13.5. The molecule has 1 amide bonds. The number of nitrogens with zero attached hydrogens (tertiary/aromatic N) is 2. The largest absolute Gasteiger partial charge is 0.497 e. The molecule has 146 valence electrons. The van der Waals surface area contributed by atoms with Gasteiger partial charge >= 0.3 is 0 Å². The highest BCUT2D eigenvalue weighted by Gasteiger charge is 2.15. The molecule has 1 heterocycles. The molecule has 6 nitrogen and oxygen atoms in total. The topological polar surface area (TPSA) is 65.4 Å². The zero-order valence-electron chi connectivity index (χ0n) is 16.0. The van der Waals surface area contributed by atoms with Gasteiger partial charge in [-0.15, -0.1) is 0 Å². The third-order valence-corrected chi connectivity index (χ3v) is 5.02. The monoisotopic (exact) mass is 443 g/mol. The van der Waals surface area contributed by atoms with Gasteiger partial charge in [0.1, 0.15) is 11.5 Å². The van der Waals surface area contributed by atoms with Gasteiger partial charge in [0.25, 0.3) is 5.91 Å². The average Bonchev–Trinajstić information content (AvgIpc) is 3.09. The normalized spacial score (nSPS) is 10.6. The van der Waals surface area contributed by atoms with E-state index in [-0.39, 0.29) is 5.91 Å². The summed E-state index contributed by atoms with van der Waals surface area (Å²) in [5, 5.41) is 7.31. The van der Waals surface area contributed by atoms with Crippen LogP contribution < -0.4 is 14.8 Å². The minimum Gasteiger partial charge on any atom is -0.497 e. The summed E-state index contributed by atoms with van der Waals surface area (Å²) in [4.78, 5) is 12.6. The highest BCUT2D eigenvalue weighted by molar-refractivity contribution is 9.10. The van der Waals surface area contributed by atoms with E-state index in [1.807, 2.05) is 49.4 Å². The maximum Gasteiger partial charge on any atom is 0.254 e. The summed E-state index contributed by atoms with van der Waals surface area (Å²) in [5.74, 6) is 1.38. The maximum absolute atomic E-state index is 12.6. The SMILES string of the molecule is COc1ccc(OC)c(CCNC(=O)c2cnn(-c3ccc(Br)cc3)c2C)c1. The molecule has 7 heteroatoms. The second kappa shape index (κ2) is 8.93. The summed E-state index contributed by atoms with van der Waals surface area (Å²) in [7, 11) is 3.25. The van der Waals surface area contributed by atoms with Crippen LogP contribution in [0.3, 0.4) is 0 Å². The summed E-state index contributed by atoms with van der Waals surface area (Å²) >= 11 is 3.42. The highest BCUT2D eigenvalue weighted by Crippen LogP contribution is 2.24. The van der Waals surface area contributed by atoms with E-state index in [2.05, 4.69) is 26.3 Å². The Morgan fingerprint density at radius 2 is 1.89 bits per heavy atom. The standard InChI is InChI=1S/C21H22BrN3O3/c1-14-19(13-24-25(14)17-6-4-16(22)5-7-17)21(26)23-11-10-15-12-18(27-2)8-9-20(15)28-3/h4-9,12-13H,10-11H2,1-3H3,(H,23,26). The van der Waals surface area contributed by atoms with Gasteiger partial charge in [0.05, 0.1) is 37.4 Å². The van der Waals surface area contributed by atoms with Crippen LogP contribution in [-0.2, 0) is 6.42 Å². The molecule has 3 rings (SSSR count). The first kappa shape index (κ1) is 19.9. The number of halogens is 1. The Kier molecular flexibility index (Phi) is 6.36. The van der Waals surface area contributed by atoms with Crippen LogP contribution in [0.25, 0.3) is 5.69 Å². The Morgan fingerprint density at radius 3 is 2.57 bits per heavy atom. The predicted octanol–water partition coefficient (Wildman–Crippen LogP) is 3.93. The van der Waals surface area contributed by atoms with Crippen LogP contribution in [0.15, 0.2) is 53.1 Å². The van der Waals surface area contributed by atoms with Crippen molar-refractivity contribution in [2.45, 2.75) is 13.3 Å². The fourth-order valence-electron chi connectivity index (χ4n) is 2.96. The maximum atomic E-state index is 12.6. The third-order valence-electron chi connectivity index (χ3n) is 4.49. The van der Waals surface area contributed by atoms with E-state index in [4.69, 9.17) is 9.47 Å². The average molecular weight is 444 g/mol. The number of carbonyl (C=O) groups is 1. The van der Waals surface area contributed by atoms with Gasteiger partial charge in [0.15, 0.2) is 0 Å². The van der Waals surface area contributed by atoms with E-state index in [1.54, 1.807) is 25.1 Å². The van der Waals surface area contributed by atoms with E-state index in [1.165, 1.54) is 0 Å². The molecule has 28 heavy (non-hydrogen) atoms. The van der Waals surface area contributed by atoms with E-state index in [9.17, 15) is 4.79 Å². The number of hydrogen-bond donors (Lipinski definition) is 1. The number of rotatable bonds is 7. The lowest BCUT2D eigenvalue weighted by Crippen LogP contribution is -2.26. The van der Waals surface area contributed by atoms with Crippen LogP contribution in [0.1, 0.15) is 21.6 Å². The summed E-state index contributed by atoms with van der Waals surface area (Å²) in [5.41, 5.74) is 3.23. The van der Waals surface area contributed by atoms with Crippen molar-refractivity contribution in [3.8, 4) is 17.2 Å². The van der Waals surface area contributed by atoms with Crippen LogP contribution in [0.4, 0.5) is 0 Å². The molecule has 3 aromatic rings. The number of amides is 1. The Labute approximate surface area is 172 Å². The molecule has 0 aliphatic rings. The van der Waals surface area contributed by atoms with Gasteiger partial charge in [-0.1, -0.05) is 15.9 Å². The second-order valence-electron chi connectivity index (χ2n) is 6.22. The van der Waals surface area contributed by atoms with Gasteiger partial charge in [-0.05, 0) is 61.4 Å². The molecule has 1 N–H and O–H groups in total. The zero-order chi connectivity index (χ0) is 20.1. The molecule has 0 bridgehead atoms. The minimum absolute atomic E-state index is 0.150. The first-order valence-corrected chi connectivity index (χ1v) is 9.62. The van der Waals surface area contributed by atoms with Crippen LogP contribution in [-0.4, -0.2) is 36.5 Å². The Hall–Kier alpha value is -2.80. The van der Waals surface area contributed by atoms with Gasteiger partial charge in [-0.3, -0.25) is 4.79 Å². The number of carbonyl (C=O) groups excluding carboxylic acids is 1. The molecule has 0 spiro atoms. The van der Waals surface area contributed by atoms with Gasteiger partial charge in [-0.2, -0.15) is 5.10 Å². The molecule has 0 radical (unpaired) electrons. The minimum atomic E-state index is -0.150. The molecule has 0 aliphatic carbocycles. The highest BCUT2D eigenvalue weighted by atomic mass is 79.9. The van der Waals surface area contributed by atoms with Crippen molar-refractivity contribution in [3.05, 3.63) is 70.0 Å². The van der Waals surface area contributed by atoms with Crippen molar-refractivity contribution in [2.75, 3.05) is 20.8 Å². The lowest BCUT2D eigenvalue weighted by molar-refractivity contribution is 0.0953. The van der Waals surface area contributed by atoms with Crippen molar-refractivity contribution in [2.24, 2.45) is 0 Å². The summed E-state index contributed by atoms with van der Waals surface area (Å²) in [6.45, 7) is 2.36. The number of nitrogens with one attached hydrogen (secondary N) is 1. The molecule has 0 unspecified atom stereocenters.